The maximum Gasteiger partial charge on any atom is 0.191 e. The first-order chi connectivity index (χ1) is 3.43. The fourth-order valence-electron chi connectivity index (χ4n) is 0.270. The lowest BCUT2D eigenvalue weighted by Crippen LogP contribution is -1.71. The van der Waals surface area contributed by atoms with Gasteiger partial charge in [-0.2, -0.15) is 0 Å². The number of nitrogens with one attached hydrogen (secondary N) is 1. The Balaban J connectivity index is 2.76. The molecule has 0 saturated heterocycles. The SMILES string of the molecule is INc1nccs1. The van der Waals surface area contributed by atoms with Crippen molar-refractivity contribution >= 4 is 39.3 Å². The van der Waals surface area contributed by atoms with Gasteiger partial charge in [-0.25, -0.2) is 4.98 Å². The van der Waals surface area contributed by atoms with E-state index in [1.165, 1.54) is 0 Å². The predicted molar refractivity (Wildman–Crippen MR) is 39.8 cm³/mol. The minimum Gasteiger partial charge on any atom is -0.304 e. The van der Waals surface area contributed by atoms with Crippen LogP contribution in [0.1, 0.15) is 0 Å². The molecule has 1 N–H and O–H groups in total. The zero-order valence-corrected chi connectivity index (χ0v) is 6.36. The molecule has 4 heteroatoms. The number of anilines is 1. The molecular formula is C3H3IN2S. The van der Waals surface area contributed by atoms with E-state index in [2.05, 4.69) is 8.51 Å². The normalized spacial score (nSPS) is 8.71. The summed E-state index contributed by atoms with van der Waals surface area (Å²) in [5.41, 5.74) is 0. The minimum atomic E-state index is 0.959. The first kappa shape index (κ1) is 5.30. The Hall–Kier alpha value is 0.160. The third-order valence-corrected chi connectivity index (χ3v) is 2.08. The highest BCUT2D eigenvalue weighted by molar-refractivity contribution is 14.1. The molecule has 38 valence electrons. The molecule has 0 aliphatic carbocycles. The van der Waals surface area contributed by atoms with Gasteiger partial charge in [-0.15, -0.1) is 11.3 Å². The maximum atomic E-state index is 3.93. The van der Waals surface area contributed by atoms with E-state index in [1.54, 1.807) is 17.5 Å². The third kappa shape index (κ3) is 1.27. The molecule has 1 rings (SSSR count). The second kappa shape index (κ2) is 2.46. The van der Waals surface area contributed by atoms with Gasteiger partial charge in [0, 0.05) is 11.6 Å². The van der Waals surface area contributed by atoms with E-state index in [1.807, 2.05) is 28.2 Å². The van der Waals surface area contributed by atoms with Crippen molar-refractivity contribution in [1.82, 2.24) is 4.98 Å². The van der Waals surface area contributed by atoms with Gasteiger partial charge in [0.2, 0.25) is 0 Å². The third-order valence-electron chi connectivity index (χ3n) is 0.513. The summed E-state index contributed by atoms with van der Waals surface area (Å²) in [6.07, 6.45) is 1.77. The number of halogens is 1. The van der Waals surface area contributed by atoms with E-state index >= 15 is 0 Å². The summed E-state index contributed by atoms with van der Waals surface area (Å²) in [6.45, 7) is 0. The molecule has 1 heterocycles. The van der Waals surface area contributed by atoms with Crippen LogP contribution in [0.4, 0.5) is 5.13 Å². The summed E-state index contributed by atoms with van der Waals surface area (Å²) in [6, 6.07) is 0. The van der Waals surface area contributed by atoms with Crippen molar-refractivity contribution in [3.8, 4) is 0 Å². The number of hydrogen-bond donors (Lipinski definition) is 1. The molecule has 0 saturated carbocycles. The Morgan fingerprint density at radius 1 is 1.86 bits per heavy atom. The fraction of sp³-hybridized carbons (Fsp3) is 0. The summed E-state index contributed by atoms with van der Waals surface area (Å²) in [5, 5.41) is 2.89. The number of rotatable bonds is 1. The molecule has 0 fully saturated rings. The highest BCUT2D eigenvalue weighted by Gasteiger charge is 1.84. The molecule has 0 aromatic carbocycles. The van der Waals surface area contributed by atoms with Crippen LogP contribution in [0.3, 0.4) is 0 Å². The number of nitrogens with zero attached hydrogens (tertiary/aromatic N) is 1. The molecule has 7 heavy (non-hydrogen) atoms. The summed E-state index contributed by atoms with van der Waals surface area (Å²) >= 11 is 3.64. The summed E-state index contributed by atoms with van der Waals surface area (Å²) < 4.78 is 2.88. The van der Waals surface area contributed by atoms with Crippen LogP contribution in [-0.2, 0) is 0 Å². The maximum absolute atomic E-state index is 3.93. The quantitative estimate of drug-likeness (QED) is 0.584. The van der Waals surface area contributed by atoms with Gasteiger partial charge in [-0.05, 0) is 0 Å². The summed E-state index contributed by atoms with van der Waals surface area (Å²) in [4.78, 5) is 3.93. The molecule has 0 radical (unpaired) electrons. The van der Waals surface area contributed by atoms with Crippen molar-refractivity contribution in [1.29, 1.82) is 0 Å². The van der Waals surface area contributed by atoms with Gasteiger partial charge in [0.1, 0.15) is 0 Å². The molecule has 1 aromatic heterocycles. The monoisotopic (exact) mass is 226 g/mol. The van der Waals surface area contributed by atoms with E-state index in [9.17, 15) is 0 Å². The molecular weight excluding hydrogens is 223 g/mol. The zero-order chi connectivity index (χ0) is 5.11. The highest BCUT2D eigenvalue weighted by atomic mass is 127. The van der Waals surface area contributed by atoms with E-state index in [0.717, 1.165) is 5.13 Å². The van der Waals surface area contributed by atoms with Crippen molar-refractivity contribution in [2.45, 2.75) is 0 Å². The standard InChI is InChI=1S/C3H3IN2S/c4-6-3-5-1-2-7-3/h1-2H,(H,5,6). The van der Waals surface area contributed by atoms with E-state index in [-0.39, 0.29) is 0 Å². The van der Waals surface area contributed by atoms with E-state index < -0.39 is 0 Å². The van der Waals surface area contributed by atoms with Crippen molar-refractivity contribution in [3.63, 3.8) is 0 Å². The molecule has 0 spiro atoms. The van der Waals surface area contributed by atoms with Gasteiger partial charge in [-0.1, -0.05) is 0 Å². The second-order valence-electron chi connectivity index (χ2n) is 0.932. The first-order valence-electron chi connectivity index (χ1n) is 1.69. The average molecular weight is 226 g/mol. The molecule has 1 aromatic rings. The largest absolute Gasteiger partial charge is 0.304 e. The van der Waals surface area contributed by atoms with Crippen molar-refractivity contribution < 1.29 is 0 Å². The van der Waals surface area contributed by atoms with Crippen LogP contribution in [-0.4, -0.2) is 4.98 Å². The van der Waals surface area contributed by atoms with Crippen LogP contribution < -0.4 is 3.53 Å². The fourth-order valence-corrected chi connectivity index (χ4v) is 1.21. The highest BCUT2D eigenvalue weighted by Crippen LogP contribution is 2.11. The summed E-state index contributed by atoms with van der Waals surface area (Å²) in [5.74, 6) is 0. The second-order valence-corrected chi connectivity index (χ2v) is 2.37. The lowest BCUT2D eigenvalue weighted by atomic mass is 11.0. The van der Waals surface area contributed by atoms with Crippen LogP contribution in [0, 0.1) is 0 Å². The lowest BCUT2D eigenvalue weighted by Gasteiger charge is -1.81. The average Bonchev–Trinajstić information content (AvgIpc) is 2.14. The van der Waals surface area contributed by atoms with Crippen LogP contribution >= 0.6 is 34.2 Å². The minimum absolute atomic E-state index is 0.959. The van der Waals surface area contributed by atoms with Gasteiger partial charge in [0.05, 0.1) is 22.9 Å². The molecule has 0 bridgehead atoms. The summed E-state index contributed by atoms with van der Waals surface area (Å²) in [7, 11) is 0. The molecule has 0 amide bonds. The Labute approximate surface area is 59.5 Å². The van der Waals surface area contributed by atoms with Crippen LogP contribution in [0.25, 0.3) is 0 Å². The predicted octanol–water partition coefficient (Wildman–Crippen LogP) is 1.90. The number of thiazole rings is 1. The van der Waals surface area contributed by atoms with Crippen LogP contribution in [0.2, 0.25) is 0 Å². The van der Waals surface area contributed by atoms with Gasteiger partial charge in [0.15, 0.2) is 5.13 Å². The Kier molecular flexibility index (Phi) is 1.86. The van der Waals surface area contributed by atoms with Crippen molar-refractivity contribution in [2.24, 2.45) is 0 Å². The smallest absolute Gasteiger partial charge is 0.191 e. The van der Waals surface area contributed by atoms with Crippen LogP contribution in [0.15, 0.2) is 11.6 Å². The Morgan fingerprint density at radius 3 is 3.00 bits per heavy atom. The van der Waals surface area contributed by atoms with Gasteiger partial charge in [-0.3, -0.25) is 0 Å². The van der Waals surface area contributed by atoms with E-state index in [0.29, 0.717) is 0 Å². The van der Waals surface area contributed by atoms with Gasteiger partial charge >= 0.3 is 0 Å². The Bertz CT molecular complexity index is 127. The molecule has 0 atom stereocenters. The van der Waals surface area contributed by atoms with Gasteiger partial charge < -0.3 is 3.53 Å². The van der Waals surface area contributed by atoms with Crippen molar-refractivity contribution in [2.75, 3.05) is 3.53 Å². The lowest BCUT2D eigenvalue weighted by molar-refractivity contribution is 1.43. The van der Waals surface area contributed by atoms with Crippen molar-refractivity contribution in [3.05, 3.63) is 11.6 Å². The number of hydrogen-bond acceptors (Lipinski definition) is 3. The molecule has 0 unspecified atom stereocenters. The van der Waals surface area contributed by atoms with E-state index in [4.69, 9.17) is 0 Å². The molecule has 0 aliphatic heterocycles. The zero-order valence-electron chi connectivity index (χ0n) is 3.39. The van der Waals surface area contributed by atoms with Crippen LogP contribution in [0.5, 0.6) is 0 Å². The Morgan fingerprint density at radius 2 is 2.71 bits per heavy atom. The molecule has 2 nitrogen and oxygen atoms in total. The first-order valence-corrected chi connectivity index (χ1v) is 3.65. The topological polar surface area (TPSA) is 24.9 Å². The molecule has 0 aliphatic rings. The van der Waals surface area contributed by atoms with Gasteiger partial charge in [0.25, 0.3) is 0 Å². The number of aromatic nitrogens is 1.